The second kappa shape index (κ2) is 9.94. The van der Waals surface area contributed by atoms with Gasteiger partial charge in [0.1, 0.15) is 23.9 Å². The van der Waals surface area contributed by atoms with E-state index in [1.165, 1.54) is 13.0 Å². The molecule has 1 aromatic heterocycles. The zero-order valence-corrected chi connectivity index (χ0v) is 24.6. The van der Waals surface area contributed by atoms with Crippen LogP contribution in [0, 0.1) is 28.6 Å². The molecule has 7 rings (SSSR count). The Morgan fingerprint density at radius 2 is 1.76 bits per heavy atom. The molecule has 1 spiro atoms. The molecule has 1 aliphatic heterocycles. The van der Waals surface area contributed by atoms with E-state index in [1.54, 1.807) is 12.3 Å². The standard InChI is InChI=1S/C35H40O7/c1-21(36)40-31-30(23-10-14-28(37)39-20-23)34(3)18-16-26-27(35(34)32(31)42-35)12-11-24-19-25(15-17-33(24,26)2)41-29(38)13-9-22-7-5-4-6-8-22/h4-10,13-14,20,24-27,30-32H,11-12,15-19H2,1-3H3/b13-9+/t24-,25+,26+,27-,30+,31-,32-,33+,34-,35-/m1/s1. The molecule has 4 saturated carbocycles. The van der Waals surface area contributed by atoms with Crippen LogP contribution in [0.5, 0.6) is 0 Å². The number of fused-ring (bicyclic) bond motifs is 3. The number of carbonyl (C=O) groups is 2. The van der Waals surface area contributed by atoms with Gasteiger partial charge in [-0.25, -0.2) is 9.59 Å². The number of rotatable bonds is 5. The predicted molar refractivity (Wildman–Crippen MR) is 155 cm³/mol. The number of benzene rings is 1. The molecule has 0 amide bonds. The van der Waals surface area contributed by atoms with Gasteiger partial charge in [-0.1, -0.05) is 44.2 Å². The Hall–Kier alpha value is -3.19. The SMILES string of the molecule is CC(=O)O[C@H]1[C@H]2O[C@]23[C@@H]2CC[C@@H]4C[C@@H](OC(=O)/C=C/c5ccccc5)CC[C@]4(C)[C@H]2CC[C@]3(C)[C@H]1c1ccc(=O)oc1. The fourth-order valence-electron chi connectivity index (χ4n) is 10.1. The molecule has 10 atom stereocenters. The van der Waals surface area contributed by atoms with Crippen LogP contribution >= 0.6 is 0 Å². The third kappa shape index (κ3) is 4.14. The van der Waals surface area contributed by atoms with Crippen LogP contribution in [-0.4, -0.2) is 35.9 Å². The molecule has 1 aromatic carbocycles. The lowest BCUT2D eigenvalue weighted by Crippen LogP contribution is -2.58. The van der Waals surface area contributed by atoms with Gasteiger partial charge in [-0.3, -0.25) is 4.79 Å². The number of epoxide rings is 1. The van der Waals surface area contributed by atoms with Gasteiger partial charge in [-0.05, 0) is 91.4 Å². The molecule has 0 unspecified atom stereocenters. The van der Waals surface area contributed by atoms with Crippen molar-refractivity contribution in [1.82, 2.24) is 0 Å². The van der Waals surface area contributed by atoms with E-state index in [1.807, 2.05) is 42.5 Å². The van der Waals surface area contributed by atoms with Crippen LogP contribution in [0.4, 0.5) is 0 Å². The average Bonchev–Trinajstić information content (AvgIpc) is 3.68. The van der Waals surface area contributed by atoms with Gasteiger partial charge in [0.2, 0.25) is 0 Å². The minimum Gasteiger partial charge on any atom is -0.459 e. The fraction of sp³-hybridized carbons (Fsp3) is 0.571. The van der Waals surface area contributed by atoms with Crippen molar-refractivity contribution in [1.29, 1.82) is 0 Å². The van der Waals surface area contributed by atoms with Crippen molar-refractivity contribution in [2.45, 2.75) is 95.5 Å². The van der Waals surface area contributed by atoms with Crippen molar-refractivity contribution < 1.29 is 28.2 Å². The predicted octanol–water partition coefficient (Wildman–Crippen LogP) is 6.06. The summed E-state index contributed by atoms with van der Waals surface area (Å²) in [6.07, 6.45) is 11.3. The number of carbonyl (C=O) groups excluding carboxylic acids is 2. The van der Waals surface area contributed by atoms with E-state index in [9.17, 15) is 14.4 Å². The highest BCUT2D eigenvalue weighted by molar-refractivity contribution is 5.87. The van der Waals surface area contributed by atoms with Gasteiger partial charge >= 0.3 is 17.6 Å². The average molecular weight is 573 g/mol. The van der Waals surface area contributed by atoms with Gasteiger partial charge in [0.05, 0.1) is 6.26 Å². The van der Waals surface area contributed by atoms with E-state index in [0.29, 0.717) is 17.8 Å². The van der Waals surface area contributed by atoms with Gasteiger partial charge in [-0.15, -0.1) is 0 Å². The minimum atomic E-state index is -0.399. The quantitative estimate of drug-likeness (QED) is 0.244. The maximum absolute atomic E-state index is 12.6. The topological polar surface area (TPSA) is 95.3 Å². The number of ether oxygens (including phenoxy) is 3. The van der Waals surface area contributed by atoms with Crippen molar-refractivity contribution in [3.8, 4) is 0 Å². The second-order valence-corrected chi connectivity index (χ2v) is 13.8. The molecule has 0 bridgehead atoms. The first-order valence-electron chi connectivity index (χ1n) is 15.5. The molecule has 222 valence electrons. The maximum Gasteiger partial charge on any atom is 0.335 e. The van der Waals surface area contributed by atoms with Gasteiger partial charge in [0.15, 0.2) is 0 Å². The highest BCUT2D eigenvalue weighted by Gasteiger charge is 2.84. The van der Waals surface area contributed by atoms with Crippen LogP contribution in [0.2, 0.25) is 0 Å². The summed E-state index contributed by atoms with van der Waals surface area (Å²) in [6.45, 7) is 6.22. The first-order chi connectivity index (χ1) is 20.2. The molecule has 0 radical (unpaired) electrons. The molecule has 4 aliphatic carbocycles. The Kier molecular flexibility index (Phi) is 6.54. The van der Waals surface area contributed by atoms with Crippen LogP contribution in [-0.2, 0) is 23.8 Å². The van der Waals surface area contributed by atoms with Crippen LogP contribution in [0.3, 0.4) is 0 Å². The first-order valence-corrected chi connectivity index (χ1v) is 15.5. The lowest BCUT2D eigenvalue weighted by atomic mass is 9.44. The molecule has 0 N–H and O–H groups in total. The summed E-state index contributed by atoms with van der Waals surface area (Å²) in [5.74, 6) is 0.687. The second-order valence-electron chi connectivity index (χ2n) is 13.8. The maximum atomic E-state index is 12.6. The van der Waals surface area contributed by atoms with E-state index < -0.39 is 6.10 Å². The lowest BCUT2D eigenvalue weighted by molar-refractivity contribution is -0.165. The van der Waals surface area contributed by atoms with Gasteiger partial charge in [0, 0.05) is 30.4 Å². The minimum absolute atomic E-state index is 0.0542. The van der Waals surface area contributed by atoms with E-state index in [-0.39, 0.29) is 52.1 Å². The highest BCUT2D eigenvalue weighted by Crippen LogP contribution is 2.78. The Bertz CT molecular complexity index is 1440. The molecular weight excluding hydrogens is 532 g/mol. The third-order valence-corrected chi connectivity index (χ3v) is 11.9. The molecule has 2 heterocycles. The Balaban J connectivity index is 1.10. The van der Waals surface area contributed by atoms with Crippen molar-refractivity contribution in [3.63, 3.8) is 0 Å². The van der Waals surface area contributed by atoms with Crippen molar-refractivity contribution in [2.75, 3.05) is 0 Å². The van der Waals surface area contributed by atoms with Crippen LogP contribution < -0.4 is 5.63 Å². The summed E-state index contributed by atoms with van der Waals surface area (Å²) in [6, 6.07) is 13.1. The Labute approximate surface area is 246 Å². The summed E-state index contributed by atoms with van der Waals surface area (Å²) in [5.41, 5.74) is 1.06. The highest BCUT2D eigenvalue weighted by atomic mass is 16.7. The summed E-state index contributed by atoms with van der Waals surface area (Å²) < 4.78 is 23.9. The zero-order valence-electron chi connectivity index (χ0n) is 24.6. The Morgan fingerprint density at radius 3 is 2.50 bits per heavy atom. The summed E-state index contributed by atoms with van der Waals surface area (Å²) in [4.78, 5) is 36.7. The van der Waals surface area contributed by atoms with Crippen LogP contribution in [0.1, 0.15) is 82.8 Å². The summed E-state index contributed by atoms with van der Waals surface area (Å²) in [5, 5.41) is 0. The molecule has 2 aromatic rings. The lowest BCUT2D eigenvalue weighted by Gasteiger charge is -2.61. The van der Waals surface area contributed by atoms with Crippen LogP contribution in [0.15, 0.2) is 64.0 Å². The Morgan fingerprint density at radius 1 is 0.952 bits per heavy atom. The zero-order chi connectivity index (χ0) is 29.3. The van der Waals surface area contributed by atoms with E-state index in [4.69, 9.17) is 18.6 Å². The molecular formula is C35H40O7. The number of hydrogen-bond acceptors (Lipinski definition) is 7. The number of esters is 2. The normalized spacial score (nSPS) is 41.6. The molecule has 5 aliphatic rings. The van der Waals surface area contributed by atoms with Gasteiger partial charge in [-0.2, -0.15) is 0 Å². The van der Waals surface area contributed by atoms with E-state index in [2.05, 4.69) is 13.8 Å². The van der Waals surface area contributed by atoms with Gasteiger partial charge < -0.3 is 18.6 Å². The van der Waals surface area contributed by atoms with Gasteiger partial charge in [0.25, 0.3) is 0 Å². The number of hydrogen-bond donors (Lipinski definition) is 0. The third-order valence-electron chi connectivity index (χ3n) is 11.9. The monoisotopic (exact) mass is 572 g/mol. The summed E-state index contributed by atoms with van der Waals surface area (Å²) >= 11 is 0. The molecule has 7 nitrogen and oxygen atoms in total. The molecule has 1 saturated heterocycles. The van der Waals surface area contributed by atoms with E-state index in [0.717, 1.165) is 56.1 Å². The molecule has 42 heavy (non-hydrogen) atoms. The largest absolute Gasteiger partial charge is 0.459 e. The van der Waals surface area contributed by atoms with Crippen molar-refractivity contribution >= 4 is 18.0 Å². The molecule has 5 fully saturated rings. The summed E-state index contributed by atoms with van der Waals surface area (Å²) in [7, 11) is 0. The van der Waals surface area contributed by atoms with Crippen molar-refractivity contribution in [3.05, 3.63) is 76.4 Å². The smallest absolute Gasteiger partial charge is 0.335 e. The van der Waals surface area contributed by atoms with Crippen LogP contribution in [0.25, 0.3) is 6.08 Å². The molecule has 7 heteroatoms. The van der Waals surface area contributed by atoms with E-state index >= 15 is 0 Å². The van der Waals surface area contributed by atoms with Crippen molar-refractivity contribution in [2.24, 2.45) is 28.6 Å². The fourth-order valence-corrected chi connectivity index (χ4v) is 10.1. The first kappa shape index (κ1) is 27.6.